The van der Waals surface area contributed by atoms with E-state index >= 15 is 0 Å². The smallest absolute Gasteiger partial charge is 0 e. The van der Waals surface area contributed by atoms with Gasteiger partial charge in [0.1, 0.15) is 0 Å². The van der Waals surface area contributed by atoms with Crippen LogP contribution in [0.5, 0.6) is 0 Å². The summed E-state index contributed by atoms with van der Waals surface area (Å²) in [5.41, 5.74) is 0. The molecule has 0 bridgehead atoms. The number of rotatable bonds is 0. The predicted molar refractivity (Wildman–Crippen MR) is 27.0 cm³/mol. The van der Waals surface area contributed by atoms with Crippen LogP contribution in [-0.2, 0) is 0 Å². The van der Waals surface area contributed by atoms with Gasteiger partial charge in [-0.15, -0.1) is 0 Å². The van der Waals surface area contributed by atoms with Gasteiger partial charge in [-0.05, 0) is 0 Å². The second-order valence-electron chi connectivity index (χ2n) is 1.05. The van der Waals surface area contributed by atoms with Crippen LogP contribution in [0, 0.1) is 0 Å². The second-order valence-corrected chi connectivity index (χ2v) is 1.05. The second kappa shape index (κ2) is 2.69. The van der Waals surface area contributed by atoms with Crippen LogP contribution in [0.15, 0.2) is 0 Å². The van der Waals surface area contributed by atoms with Crippen molar-refractivity contribution in [3.05, 3.63) is 0 Å². The van der Waals surface area contributed by atoms with Crippen LogP contribution in [0.4, 0.5) is 0 Å². The van der Waals surface area contributed by atoms with E-state index in [0.717, 1.165) is 0 Å². The van der Waals surface area contributed by atoms with E-state index in [2.05, 4.69) is 12.9 Å². The van der Waals surface area contributed by atoms with Crippen LogP contribution >= 0.6 is 0 Å². The van der Waals surface area contributed by atoms with E-state index in [0.29, 0.717) is 0 Å². The average molecular weight is 78.9 g/mol. The zero-order valence-corrected chi connectivity index (χ0v) is 4.30. The Balaban J connectivity index is 0.000000160. The largest absolute Gasteiger partial charge is 0 e. The van der Waals surface area contributed by atoms with E-state index in [1.54, 1.807) is 0 Å². The molecule has 23 valence electrons. The zero-order valence-electron chi connectivity index (χ0n) is 3.15. The Kier molecular flexibility index (Phi) is 2.94. The van der Waals surface area contributed by atoms with Gasteiger partial charge in [0, 0.05) is 17.4 Å². The van der Waals surface area contributed by atoms with Gasteiger partial charge in [-0.25, -0.2) is 0 Å². The van der Waals surface area contributed by atoms with Crippen LogP contribution < -0.4 is 0 Å². The van der Waals surface area contributed by atoms with Gasteiger partial charge in [-0.2, -0.15) is 0 Å². The number of hydrogen-bond acceptors (Lipinski definition) is 0. The van der Waals surface area contributed by atoms with E-state index in [1.165, 1.54) is 12.7 Å². The Morgan fingerprint density at radius 2 is 1.80 bits per heavy atom. The Bertz CT molecular complexity index is 36.2. The molecule has 0 aromatic carbocycles. The molecule has 1 rings (SSSR count). The minimum Gasteiger partial charge on any atom is 0 e. The summed E-state index contributed by atoms with van der Waals surface area (Å²) in [4.78, 5) is 0. The molecule has 1 heterocycles. The maximum absolute atomic E-state index is 2.18. The van der Waals surface area contributed by atoms with Crippen LogP contribution in [0.3, 0.4) is 0 Å². The van der Waals surface area contributed by atoms with Crippen LogP contribution in [0.2, 0.25) is 6.32 Å². The fourth-order valence-electron chi connectivity index (χ4n) is 0.167. The molecule has 0 amide bonds. The molecule has 5 heavy (non-hydrogen) atoms. The van der Waals surface area contributed by atoms with Crippen LogP contribution in [0.25, 0.3) is 0 Å². The van der Waals surface area contributed by atoms with E-state index in [9.17, 15) is 0 Å². The first-order valence-corrected chi connectivity index (χ1v) is 1.65. The summed E-state index contributed by atoms with van der Waals surface area (Å²) in [7, 11) is 0. The maximum Gasteiger partial charge on any atom is 0 e. The fraction of sp³-hybridized carbons (Fsp3) is 0.667. The van der Waals surface area contributed by atoms with Crippen molar-refractivity contribution in [1.29, 1.82) is 0 Å². The van der Waals surface area contributed by atoms with Gasteiger partial charge in [0.25, 0.3) is 0 Å². The first-order chi connectivity index (χ1) is 2.00. The molecule has 0 N–H and O–H groups in total. The standard InChI is InChI=1S/C3H5B.Al/c1-2-4-3-1;/h2H,1,3H2;. The van der Waals surface area contributed by atoms with Gasteiger partial charge in [0.2, 0.25) is 0 Å². The van der Waals surface area contributed by atoms with Crippen molar-refractivity contribution in [3.63, 3.8) is 0 Å². The Morgan fingerprint density at radius 1 is 1.60 bits per heavy atom. The van der Waals surface area contributed by atoms with Crippen molar-refractivity contribution in [3.8, 4) is 0 Å². The zero-order chi connectivity index (χ0) is 2.83. The third-order valence-electron chi connectivity index (χ3n) is 0.667. The summed E-state index contributed by atoms with van der Waals surface area (Å²) in [6.07, 6.45) is 2.64. The maximum atomic E-state index is 2.18. The van der Waals surface area contributed by atoms with Gasteiger partial charge in [-0.1, -0.05) is 0 Å². The molecule has 0 saturated carbocycles. The van der Waals surface area contributed by atoms with Gasteiger partial charge >= 0.3 is 25.6 Å². The van der Waals surface area contributed by atoms with Crippen LogP contribution in [0.1, 0.15) is 6.42 Å². The Hall–Kier alpha value is 0.467. The van der Waals surface area contributed by atoms with Crippen molar-refractivity contribution in [1.82, 2.24) is 0 Å². The molecule has 3 radical (unpaired) electrons. The Labute approximate surface area is 43.6 Å². The fourth-order valence-corrected chi connectivity index (χ4v) is 0.167. The Morgan fingerprint density at radius 3 is 1.80 bits per heavy atom. The summed E-state index contributed by atoms with van der Waals surface area (Å²) in [6, 6.07) is 0. The molecule has 0 aromatic heterocycles. The van der Waals surface area contributed by atoms with E-state index in [1.807, 2.05) is 0 Å². The van der Waals surface area contributed by atoms with Crippen molar-refractivity contribution in [2.75, 3.05) is 0 Å². The summed E-state index contributed by atoms with van der Waals surface area (Å²) in [5.74, 6) is 2.18. The molecule has 0 fully saturated rings. The predicted octanol–water partition coefficient (Wildman–Crippen LogP) is -0.0660. The minimum atomic E-state index is 0. The molecule has 2 heteroatoms. The molecule has 0 saturated heterocycles. The average Bonchev–Trinajstić information content (AvgIpc) is 0.722. The molecule has 1 aliphatic heterocycles. The topological polar surface area (TPSA) is 0 Å². The third-order valence-corrected chi connectivity index (χ3v) is 0.667. The van der Waals surface area contributed by atoms with Crippen LogP contribution in [-0.4, -0.2) is 30.2 Å². The normalized spacial score (nSPS) is 14.4. The third kappa shape index (κ3) is 1.36. The van der Waals surface area contributed by atoms with Gasteiger partial charge in [0.15, 0.2) is 0 Å². The summed E-state index contributed by atoms with van der Waals surface area (Å²) in [6.45, 7) is 2.18. The van der Waals surface area contributed by atoms with Gasteiger partial charge in [-0.3, -0.25) is 0 Å². The molecule has 0 aliphatic carbocycles. The first-order valence-electron chi connectivity index (χ1n) is 1.65. The monoisotopic (exact) mass is 79.0 g/mol. The van der Waals surface area contributed by atoms with Crippen molar-refractivity contribution in [2.45, 2.75) is 12.7 Å². The summed E-state index contributed by atoms with van der Waals surface area (Å²) >= 11 is 0. The molecular formula is C3H5AlB. The quantitative estimate of drug-likeness (QED) is 0.356. The van der Waals surface area contributed by atoms with Crippen molar-refractivity contribution in [2.24, 2.45) is 0 Å². The molecule has 0 atom stereocenters. The summed E-state index contributed by atoms with van der Waals surface area (Å²) in [5, 5.41) is 0. The van der Waals surface area contributed by atoms with Gasteiger partial charge in [0.05, 0.1) is 0 Å². The molecule has 0 nitrogen and oxygen atoms in total. The SMILES string of the molecule is B1=CCC1.[Al]. The van der Waals surface area contributed by atoms with E-state index in [-0.39, 0.29) is 17.4 Å². The molecule has 0 aromatic rings. The van der Waals surface area contributed by atoms with E-state index in [4.69, 9.17) is 0 Å². The van der Waals surface area contributed by atoms with Crippen molar-refractivity contribution < 1.29 is 0 Å². The number of hydrogen-bond donors (Lipinski definition) is 0. The molecular weight excluding hydrogens is 73.8 g/mol. The summed E-state index contributed by atoms with van der Waals surface area (Å²) < 4.78 is 0. The molecule has 0 unspecified atom stereocenters. The first kappa shape index (κ1) is 5.47. The van der Waals surface area contributed by atoms with E-state index < -0.39 is 0 Å². The molecule has 0 spiro atoms. The minimum absolute atomic E-state index is 0. The van der Waals surface area contributed by atoms with Gasteiger partial charge < -0.3 is 0 Å². The molecule has 1 aliphatic rings. The van der Waals surface area contributed by atoms with Crippen molar-refractivity contribution >= 4 is 30.2 Å².